The van der Waals surface area contributed by atoms with Gasteiger partial charge in [0.1, 0.15) is 0 Å². The Balaban J connectivity index is 2.78. The molecule has 3 heteroatoms. The molecule has 2 unspecified atom stereocenters. The number of nitrogens with one attached hydrogen (secondary N) is 1. The maximum Gasteiger partial charge on any atom is 0.0454 e. The van der Waals surface area contributed by atoms with Gasteiger partial charge in [-0.15, -0.1) is 0 Å². The minimum Gasteiger partial charge on any atom is -0.313 e. The van der Waals surface area contributed by atoms with Gasteiger partial charge in [0.25, 0.3) is 0 Å². The monoisotopic (exact) mass is 301 g/mol. The van der Waals surface area contributed by atoms with Crippen LogP contribution in [-0.4, -0.2) is 7.05 Å². The average Bonchev–Trinajstić information content (AvgIpc) is 2.42. The van der Waals surface area contributed by atoms with Crippen LogP contribution in [0.15, 0.2) is 18.2 Å². The summed E-state index contributed by atoms with van der Waals surface area (Å²) in [6.45, 7) is 4.52. The Morgan fingerprint density at radius 1 is 1.21 bits per heavy atom. The summed E-state index contributed by atoms with van der Waals surface area (Å²) in [5.74, 6) is 0.743. The van der Waals surface area contributed by atoms with Crippen molar-refractivity contribution in [2.24, 2.45) is 5.92 Å². The van der Waals surface area contributed by atoms with Crippen LogP contribution >= 0.6 is 23.2 Å². The van der Waals surface area contributed by atoms with Crippen molar-refractivity contribution in [3.8, 4) is 0 Å². The van der Waals surface area contributed by atoms with Crippen molar-refractivity contribution in [2.75, 3.05) is 7.05 Å². The van der Waals surface area contributed by atoms with Crippen LogP contribution < -0.4 is 5.32 Å². The highest BCUT2D eigenvalue weighted by Gasteiger charge is 2.18. The third-order valence-corrected chi connectivity index (χ3v) is 4.37. The number of rotatable bonds is 8. The third kappa shape index (κ3) is 5.33. The normalized spacial score (nSPS) is 14.4. The van der Waals surface area contributed by atoms with Crippen molar-refractivity contribution >= 4 is 23.2 Å². The highest BCUT2D eigenvalue weighted by Crippen LogP contribution is 2.32. The molecule has 0 aliphatic heterocycles. The fourth-order valence-electron chi connectivity index (χ4n) is 2.50. The molecule has 1 nitrogen and oxygen atoms in total. The molecule has 0 spiro atoms. The molecule has 2 atom stereocenters. The highest BCUT2D eigenvalue weighted by atomic mass is 35.5. The fourth-order valence-corrected chi connectivity index (χ4v) is 2.93. The number of hydrogen-bond donors (Lipinski definition) is 1. The van der Waals surface area contributed by atoms with Crippen LogP contribution in [0, 0.1) is 5.92 Å². The van der Waals surface area contributed by atoms with Gasteiger partial charge in [0.15, 0.2) is 0 Å². The predicted molar refractivity (Wildman–Crippen MR) is 86.2 cm³/mol. The van der Waals surface area contributed by atoms with E-state index in [1.807, 2.05) is 25.2 Å². The number of unbranched alkanes of at least 4 members (excludes halogenated alkanes) is 1. The molecule has 0 aliphatic carbocycles. The van der Waals surface area contributed by atoms with Crippen molar-refractivity contribution < 1.29 is 0 Å². The summed E-state index contributed by atoms with van der Waals surface area (Å²) in [4.78, 5) is 0. The van der Waals surface area contributed by atoms with E-state index in [1.54, 1.807) is 0 Å². The van der Waals surface area contributed by atoms with Gasteiger partial charge in [-0.1, -0.05) is 62.7 Å². The Morgan fingerprint density at radius 2 is 1.95 bits per heavy atom. The van der Waals surface area contributed by atoms with Crippen LogP contribution in [0.3, 0.4) is 0 Å². The van der Waals surface area contributed by atoms with Gasteiger partial charge in [0.05, 0.1) is 0 Å². The van der Waals surface area contributed by atoms with E-state index in [1.165, 1.54) is 25.7 Å². The fraction of sp³-hybridized carbons (Fsp3) is 0.625. The molecule has 1 aromatic rings. The van der Waals surface area contributed by atoms with E-state index in [-0.39, 0.29) is 6.04 Å². The van der Waals surface area contributed by atoms with Gasteiger partial charge in [-0.05, 0) is 43.1 Å². The number of halogens is 2. The smallest absolute Gasteiger partial charge is 0.0454 e. The molecule has 0 saturated carbocycles. The first-order valence-corrected chi connectivity index (χ1v) is 8.00. The molecular formula is C16H25Cl2N. The second kappa shape index (κ2) is 8.84. The lowest BCUT2D eigenvalue weighted by molar-refractivity contribution is 0.365. The second-order valence-electron chi connectivity index (χ2n) is 5.16. The number of benzene rings is 1. The summed E-state index contributed by atoms with van der Waals surface area (Å²) in [6, 6.07) is 6.00. The number of hydrogen-bond acceptors (Lipinski definition) is 1. The van der Waals surface area contributed by atoms with Gasteiger partial charge in [0, 0.05) is 16.1 Å². The van der Waals surface area contributed by atoms with Crippen molar-refractivity contribution in [2.45, 2.75) is 52.0 Å². The molecule has 0 bridgehead atoms. The lowest BCUT2D eigenvalue weighted by Gasteiger charge is -2.24. The first kappa shape index (κ1) is 16.8. The molecule has 0 aliphatic rings. The Labute approximate surface area is 127 Å². The van der Waals surface area contributed by atoms with Crippen LogP contribution in [0.4, 0.5) is 0 Å². The van der Waals surface area contributed by atoms with Crippen LogP contribution in [0.5, 0.6) is 0 Å². The third-order valence-electron chi connectivity index (χ3n) is 3.79. The summed E-state index contributed by atoms with van der Waals surface area (Å²) in [5.41, 5.74) is 1.12. The Hall–Kier alpha value is -0.240. The zero-order valence-corrected chi connectivity index (χ0v) is 13.7. The second-order valence-corrected chi connectivity index (χ2v) is 6.00. The van der Waals surface area contributed by atoms with Crippen LogP contribution in [0.2, 0.25) is 10.0 Å². The largest absolute Gasteiger partial charge is 0.313 e. The Kier molecular flexibility index (Phi) is 7.82. The lowest BCUT2D eigenvalue weighted by atomic mass is 9.89. The summed E-state index contributed by atoms with van der Waals surface area (Å²) in [6.07, 6.45) is 6.20. The quantitative estimate of drug-likeness (QED) is 0.634. The van der Waals surface area contributed by atoms with Crippen LogP contribution in [0.1, 0.15) is 57.6 Å². The van der Waals surface area contributed by atoms with E-state index in [9.17, 15) is 0 Å². The predicted octanol–water partition coefficient (Wildman–Crippen LogP) is 5.86. The summed E-state index contributed by atoms with van der Waals surface area (Å²) in [5, 5.41) is 4.94. The van der Waals surface area contributed by atoms with Crippen molar-refractivity contribution in [3.05, 3.63) is 33.8 Å². The van der Waals surface area contributed by atoms with Gasteiger partial charge < -0.3 is 5.32 Å². The molecule has 0 heterocycles. The molecule has 108 valence electrons. The first-order chi connectivity index (χ1) is 9.12. The molecule has 0 radical (unpaired) electrons. The van der Waals surface area contributed by atoms with E-state index in [0.29, 0.717) is 0 Å². The SMILES string of the molecule is CCCCC(CC)CC(NC)c1cc(Cl)ccc1Cl. The van der Waals surface area contributed by atoms with Gasteiger partial charge in [-0.25, -0.2) is 0 Å². The highest BCUT2D eigenvalue weighted by molar-refractivity contribution is 6.33. The molecule has 1 N–H and O–H groups in total. The van der Waals surface area contributed by atoms with E-state index in [4.69, 9.17) is 23.2 Å². The van der Waals surface area contributed by atoms with Crippen LogP contribution in [0.25, 0.3) is 0 Å². The van der Waals surface area contributed by atoms with Crippen molar-refractivity contribution in [1.82, 2.24) is 5.32 Å². The lowest BCUT2D eigenvalue weighted by Crippen LogP contribution is -2.20. The average molecular weight is 302 g/mol. The maximum atomic E-state index is 6.30. The molecular weight excluding hydrogens is 277 g/mol. The Bertz CT molecular complexity index is 379. The standard InChI is InChI=1S/C16H25Cl2N/c1-4-6-7-12(5-2)10-16(19-3)14-11-13(17)8-9-15(14)18/h8-9,11-12,16,19H,4-7,10H2,1-3H3. The molecule has 1 aromatic carbocycles. The molecule has 0 saturated heterocycles. The Morgan fingerprint density at radius 3 is 2.53 bits per heavy atom. The zero-order valence-electron chi connectivity index (χ0n) is 12.2. The van der Waals surface area contributed by atoms with Gasteiger partial charge in [-0.3, -0.25) is 0 Å². The maximum absolute atomic E-state index is 6.30. The topological polar surface area (TPSA) is 12.0 Å². The summed E-state index contributed by atoms with van der Waals surface area (Å²) in [7, 11) is 1.99. The minimum absolute atomic E-state index is 0.285. The molecule has 0 fully saturated rings. The van der Waals surface area contributed by atoms with E-state index >= 15 is 0 Å². The van der Waals surface area contributed by atoms with Crippen molar-refractivity contribution in [3.63, 3.8) is 0 Å². The molecule has 19 heavy (non-hydrogen) atoms. The first-order valence-electron chi connectivity index (χ1n) is 7.24. The van der Waals surface area contributed by atoms with Crippen LogP contribution in [-0.2, 0) is 0 Å². The molecule has 0 amide bonds. The van der Waals surface area contributed by atoms with E-state index < -0.39 is 0 Å². The zero-order chi connectivity index (χ0) is 14.3. The van der Waals surface area contributed by atoms with Gasteiger partial charge >= 0.3 is 0 Å². The van der Waals surface area contributed by atoms with E-state index in [0.717, 1.165) is 27.9 Å². The summed E-state index contributed by atoms with van der Waals surface area (Å²) >= 11 is 12.4. The van der Waals surface area contributed by atoms with Gasteiger partial charge in [0.2, 0.25) is 0 Å². The van der Waals surface area contributed by atoms with E-state index in [2.05, 4.69) is 19.2 Å². The van der Waals surface area contributed by atoms with Crippen molar-refractivity contribution in [1.29, 1.82) is 0 Å². The molecule has 0 aromatic heterocycles. The summed E-state index contributed by atoms with van der Waals surface area (Å²) < 4.78 is 0. The molecule has 1 rings (SSSR count). The minimum atomic E-state index is 0.285. The van der Waals surface area contributed by atoms with Gasteiger partial charge in [-0.2, -0.15) is 0 Å².